The van der Waals surface area contributed by atoms with Crippen LogP contribution in [-0.4, -0.2) is 52.2 Å². The molecule has 188 valence electrons. The molecule has 36 heavy (non-hydrogen) atoms. The van der Waals surface area contributed by atoms with E-state index in [1.165, 1.54) is 25.9 Å². The van der Waals surface area contributed by atoms with Gasteiger partial charge in [0.2, 0.25) is 5.95 Å². The molecule has 0 unspecified atom stereocenters. The summed E-state index contributed by atoms with van der Waals surface area (Å²) >= 11 is 0. The Bertz CT molecular complexity index is 1210. The van der Waals surface area contributed by atoms with Crippen molar-refractivity contribution in [3.05, 3.63) is 59.6 Å². The second-order valence-corrected chi connectivity index (χ2v) is 9.86. The van der Waals surface area contributed by atoms with Crippen LogP contribution in [0.2, 0.25) is 0 Å². The highest BCUT2D eigenvalue weighted by Gasteiger charge is 2.20. The van der Waals surface area contributed by atoms with E-state index in [4.69, 9.17) is 4.52 Å². The summed E-state index contributed by atoms with van der Waals surface area (Å²) in [6.45, 7) is 10.4. The van der Waals surface area contributed by atoms with Crippen molar-refractivity contribution >= 4 is 23.5 Å². The SMILES string of the molecule is CC(C)(C)c1cc(NC(=O)Nc2cccc(C#Cc3cnc(NCCCN4CCCC4)nc3)c2)no1. The summed E-state index contributed by atoms with van der Waals surface area (Å²) in [5.41, 5.74) is 1.90. The lowest BCUT2D eigenvalue weighted by molar-refractivity contribution is 0.262. The Balaban J connectivity index is 1.26. The van der Waals surface area contributed by atoms with Crippen molar-refractivity contribution in [1.82, 2.24) is 20.0 Å². The third kappa shape index (κ3) is 7.55. The topological polar surface area (TPSA) is 108 Å². The number of amides is 2. The summed E-state index contributed by atoms with van der Waals surface area (Å²) in [5, 5.41) is 12.6. The molecule has 1 aliphatic heterocycles. The number of aromatic nitrogens is 3. The first-order valence-corrected chi connectivity index (χ1v) is 12.3. The Morgan fingerprint density at radius 3 is 2.53 bits per heavy atom. The van der Waals surface area contributed by atoms with Crippen molar-refractivity contribution in [2.45, 2.75) is 45.4 Å². The monoisotopic (exact) mass is 487 g/mol. The fourth-order valence-corrected chi connectivity index (χ4v) is 3.78. The summed E-state index contributed by atoms with van der Waals surface area (Å²) in [6, 6.07) is 8.61. The quantitative estimate of drug-likeness (QED) is 0.327. The van der Waals surface area contributed by atoms with Crippen LogP contribution in [0.15, 0.2) is 47.2 Å². The summed E-state index contributed by atoms with van der Waals surface area (Å²) in [7, 11) is 0. The molecule has 0 spiro atoms. The number of hydrogen-bond acceptors (Lipinski definition) is 7. The Morgan fingerprint density at radius 2 is 1.81 bits per heavy atom. The smallest absolute Gasteiger partial charge is 0.324 e. The van der Waals surface area contributed by atoms with Gasteiger partial charge in [-0.25, -0.2) is 14.8 Å². The number of carbonyl (C=O) groups is 1. The highest BCUT2D eigenvalue weighted by Crippen LogP contribution is 2.24. The van der Waals surface area contributed by atoms with Crippen LogP contribution in [0, 0.1) is 11.8 Å². The van der Waals surface area contributed by atoms with Crippen molar-refractivity contribution in [3.63, 3.8) is 0 Å². The standard InChI is InChI=1S/C27H33N7O2/c1-27(2,3)23-17-24(33-36-23)32-26(35)31-22-9-6-8-20(16-22)10-11-21-18-29-25(30-19-21)28-12-7-15-34-13-4-5-14-34/h6,8-9,16-19H,4-5,7,12-15H2,1-3H3,(H,28,29,30)(H2,31,32,33,35). The summed E-state index contributed by atoms with van der Waals surface area (Å²) in [6.07, 6.45) is 7.13. The molecule has 1 saturated heterocycles. The van der Waals surface area contributed by atoms with Crippen LogP contribution in [0.3, 0.4) is 0 Å². The van der Waals surface area contributed by atoms with E-state index in [9.17, 15) is 4.79 Å². The number of carbonyl (C=O) groups excluding carboxylic acids is 1. The van der Waals surface area contributed by atoms with Gasteiger partial charge in [0, 0.05) is 41.7 Å². The molecule has 1 aromatic carbocycles. The molecule has 0 saturated carbocycles. The van der Waals surface area contributed by atoms with Crippen LogP contribution in [0.4, 0.5) is 22.2 Å². The number of rotatable bonds is 7. The molecule has 1 aliphatic rings. The third-order valence-electron chi connectivity index (χ3n) is 5.75. The molecule has 3 N–H and O–H groups in total. The molecule has 2 amide bonds. The average molecular weight is 488 g/mol. The zero-order chi connectivity index (χ0) is 25.4. The van der Waals surface area contributed by atoms with Gasteiger partial charge in [0.15, 0.2) is 5.82 Å². The number of urea groups is 1. The first kappa shape index (κ1) is 25.2. The predicted octanol–water partition coefficient (Wildman–Crippen LogP) is 4.70. The predicted molar refractivity (Wildman–Crippen MR) is 141 cm³/mol. The Kier molecular flexibility index (Phi) is 8.18. The molecule has 0 aliphatic carbocycles. The Labute approximate surface area is 212 Å². The lowest BCUT2D eigenvalue weighted by Gasteiger charge is -2.14. The summed E-state index contributed by atoms with van der Waals surface area (Å²) < 4.78 is 5.30. The lowest BCUT2D eigenvalue weighted by atomic mass is 9.93. The van der Waals surface area contributed by atoms with Gasteiger partial charge in [-0.05, 0) is 57.1 Å². The van der Waals surface area contributed by atoms with Gasteiger partial charge in [-0.15, -0.1) is 0 Å². The van der Waals surface area contributed by atoms with Crippen molar-refractivity contribution in [2.24, 2.45) is 0 Å². The van der Waals surface area contributed by atoms with Crippen LogP contribution in [0.25, 0.3) is 0 Å². The minimum absolute atomic E-state index is 0.189. The first-order chi connectivity index (χ1) is 17.3. The van der Waals surface area contributed by atoms with Gasteiger partial charge in [-0.1, -0.05) is 43.8 Å². The molecule has 1 fully saturated rings. The summed E-state index contributed by atoms with van der Waals surface area (Å²) in [5.74, 6) is 7.83. The highest BCUT2D eigenvalue weighted by atomic mass is 16.5. The largest absolute Gasteiger partial charge is 0.359 e. The molecule has 9 heteroatoms. The Morgan fingerprint density at radius 1 is 1.06 bits per heavy atom. The van der Waals surface area contributed by atoms with Gasteiger partial charge in [-0.3, -0.25) is 5.32 Å². The van der Waals surface area contributed by atoms with Crippen LogP contribution in [0.1, 0.15) is 56.9 Å². The van der Waals surface area contributed by atoms with Gasteiger partial charge >= 0.3 is 6.03 Å². The fraction of sp³-hybridized carbons (Fsp3) is 0.407. The molecular weight excluding hydrogens is 454 g/mol. The van der Waals surface area contributed by atoms with E-state index >= 15 is 0 Å². The van der Waals surface area contributed by atoms with Gasteiger partial charge in [0.05, 0.1) is 5.56 Å². The first-order valence-electron chi connectivity index (χ1n) is 12.3. The lowest BCUT2D eigenvalue weighted by Crippen LogP contribution is -2.22. The average Bonchev–Trinajstić information content (AvgIpc) is 3.54. The Hall–Kier alpha value is -3.90. The number of anilines is 3. The molecule has 0 atom stereocenters. The van der Waals surface area contributed by atoms with Crippen molar-refractivity contribution < 1.29 is 9.32 Å². The van der Waals surface area contributed by atoms with E-state index in [1.807, 2.05) is 32.9 Å². The van der Waals surface area contributed by atoms with E-state index in [0.717, 1.165) is 30.6 Å². The minimum atomic E-state index is -0.411. The minimum Gasteiger partial charge on any atom is -0.359 e. The second kappa shape index (κ2) is 11.7. The number of nitrogens with one attached hydrogen (secondary N) is 3. The van der Waals surface area contributed by atoms with Crippen LogP contribution in [-0.2, 0) is 5.41 Å². The van der Waals surface area contributed by atoms with Crippen molar-refractivity contribution in [2.75, 3.05) is 42.1 Å². The van der Waals surface area contributed by atoms with Crippen molar-refractivity contribution in [3.8, 4) is 11.8 Å². The van der Waals surface area contributed by atoms with E-state index in [2.05, 4.69) is 47.8 Å². The molecule has 3 heterocycles. The maximum atomic E-state index is 12.4. The van der Waals surface area contributed by atoms with Crippen molar-refractivity contribution in [1.29, 1.82) is 0 Å². The summed E-state index contributed by atoms with van der Waals surface area (Å²) in [4.78, 5) is 23.6. The normalized spacial score (nSPS) is 13.6. The zero-order valence-corrected chi connectivity index (χ0v) is 21.1. The molecule has 0 radical (unpaired) electrons. The van der Waals surface area contributed by atoms with E-state index in [0.29, 0.717) is 23.2 Å². The fourth-order valence-electron chi connectivity index (χ4n) is 3.78. The molecule has 0 bridgehead atoms. The molecule has 4 rings (SSSR count). The van der Waals surface area contributed by atoms with Gasteiger partial charge in [-0.2, -0.15) is 0 Å². The third-order valence-corrected chi connectivity index (χ3v) is 5.75. The molecule has 2 aromatic heterocycles. The number of hydrogen-bond donors (Lipinski definition) is 3. The van der Waals surface area contributed by atoms with Crippen LogP contribution < -0.4 is 16.0 Å². The van der Waals surface area contributed by atoms with E-state index in [1.54, 1.807) is 30.6 Å². The molecular formula is C27H33N7O2. The molecule has 3 aromatic rings. The highest BCUT2D eigenvalue weighted by molar-refractivity contribution is 5.99. The van der Waals surface area contributed by atoms with E-state index in [-0.39, 0.29) is 5.41 Å². The molecule has 9 nitrogen and oxygen atoms in total. The number of nitrogens with zero attached hydrogens (tertiary/aromatic N) is 4. The number of benzene rings is 1. The maximum Gasteiger partial charge on any atom is 0.324 e. The van der Waals surface area contributed by atoms with Crippen LogP contribution >= 0.6 is 0 Å². The zero-order valence-electron chi connectivity index (χ0n) is 21.1. The van der Waals surface area contributed by atoms with Gasteiger partial charge < -0.3 is 20.1 Å². The van der Waals surface area contributed by atoms with Gasteiger partial charge in [0.1, 0.15) is 5.76 Å². The van der Waals surface area contributed by atoms with Crippen LogP contribution in [0.5, 0.6) is 0 Å². The van der Waals surface area contributed by atoms with Gasteiger partial charge in [0.25, 0.3) is 0 Å². The van der Waals surface area contributed by atoms with E-state index < -0.39 is 6.03 Å². The maximum absolute atomic E-state index is 12.4. The number of likely N-dealkylation sites (tertiary alicyclic amines) is 1. The second-order valence-electron chi connectivity index (χ2n) is 9.86.